The van der Waals surface area contributed by atoms with Gasteiger partial charge in [-0.25, -0.2) is 4.79 Å². The van der Waals surface area contributed by atoms with Crippen molar-refractivity contribution in [2.24, 2.45) is 5.73 Å². The summed E-state index contributed by atoms with van der Waals surface area (Å²) in [6.45, 7) is 1.18. The number of nitrogens with two attached hydrogens (primary N) is 1. The normalized spacial score (nSPS) is 24.4. The highest BCUT2D eigenvalue weighted by atomic mass is 35.5. The molecule has 4 N–H and O–H groups in total. The highest BCUT2D eigenvalue weighted by Crippen LogP contribution is 2.25. The molecule has 124 valence electrons. The fourth-order valence-electron chi connectivity index (χ4n) is 3.16. The van der Waals surface area contributed by atoms with Gasteiger partial charge in [0.1, 0.15) is 0 Å². The van der Waals surface area contributed by atoms with Crippen LogP contribution >= 0.6 is 11.6 Å². The third kappa shape index (κ3) is 3.43. The largest absolute Gasteiger partial charge is 0.348 e. The number of halogens is 1. The maximum absolute atomic E-state index is 12.6. The quantitative estimate of drug-likeness (QED) is 0.787. The fourth-order valence-corrected chi connectivity index (χ4v) is 3.36. The van der Waals surface area contributed by atoms with Crippen molar-refractivity contribution in [2.45, 2.75) is 37.8 Å². The van der Waals surface area contributed by atoms with E-state index in [0.29, 0.717) is 29.4 Å². The third-order valence-electron chi connectivity index (χ3n) is 4.50. The first-order chi connectivity index (χ1) is 11.1. The minimum Gasteiger partial charge on any atom is -0.348 e. The van der Waals surface area contributed by atoms with Crippen LogP contribution in [0.25, 0.3) is 0 Å². The minimum absolute atomic E-state index is 0.0148. The molecule has 1 aromatic rings. The van der Waals surface area contributed by atoms with Gasteiger partial charge in [-0.05, 0) is 31.0 Å². The monoisotopic (exact) mass is 336 g/mol. The van der Waals surface area contributed by atoms with E-state index in [4.69, 9.17) is 17.3 Å². The first-order valence-electron chi connectivity index (χ1n) is 7.97. The number of rotatable bonds is 3. The van der Waals surface area contributed by atoms with Crippen molar-refractivity contribution in [3.63, 3.8) is 0 Å². The number of nitrogens with one attached hydrogen (secondary N) is 2. The van der Waals surface area contributed by atoms with E-state index >= 15 is 0 Å². The number of nitrogens with zero attached hydrogens (tertiary/aromatic N) is 1. The first-order valence-corrected chi connectivity index (χ1v) is 8.35. The number of hydrogen-bond donors (Lipinski definition) is 3. The summed E-state index contributed by atoms with van der Waals surface area (Å²) < 4.78 is 0. The van der Waals surface area contributed by atoms with Gasteiger partial charge in [-0.15, -0.1) is 0 Å². The lowest BCUT2D eigenvalue weighted by molar-refractivity contribution is 0.0921. The van der Waals surface area contributed by atoms with Gasteiger partial charge in [0.05, 0.1) is 10.6 Å². The summed E-state index contributed by atoms with van der Waals surface area (Å²) >= 11 is 6.18. The summed E-state index contributed by atoms with van der Waals surface area (Å²) in [5, 5.41) is 6.10. The molecule has 7 heteroatoms. The Morgan fingerprint density at radius 2 is 2.13 bits per heavy atom. The SMILES string of the molecule is N[C@@H]1CCCC[C@H]1NC(=O)c1cc(N2CCNC2=O)ccc1Cl. The summed E-state index contributed by atoms with van der Waals surface area (Å²) in [7, 11) is 0. The lowest BCUT2D eigenvalue weighted by atomic mass is 9.91. The van der Waals surface area contributed by atoms with Gasteiger partial charge in [-0.2, -0.15) is 0 Å². The van der Waals surface area contributed by atoms with E-state index in [1.54, 1.807) is 23.1 Å². The van der Waals surface area contributed by atoms with E-state index in [1.807, 2.05) is 0 Å². The van der Waals surface area contributed by atoms with Crippen molar-refractivity contribution < 1.29 is 9.59 Å². The molecular weight excluding hydrogens is 316 g/mol. The van der Waals surface area contributed by atoms with Crippen LogP contribution < -0.4 is 21.3 Å². The molecule has 1 aliphatic heterocycles. The predicted octanol–water partition coefficient (Wildman–Crippen LogP) is 1.87. The Morgan fingerprint density at radius 3 is 2.83 bits per heavy atom. The number of anilines is 1. The molecule has 1 aromatic carbocycles. The molecule has 0 unspecified atom stereocenters. The van der Waals surface area contributed by atoms with Crippen LogP contribution in [-0.2, 0) is 0 Å². The molecule has 1 aliphatic carbocycles. The van der Waals surface area contributed by atoms with Gasteiger partial charge < -0.3 is 16.4 Å². The average Bonchev–Trinajstić information content (AvgIpc) is 2.96. The van der Waals surface area contributed by atoms with Crippen molar-refractivity contribution in [1.82, 2.24) is 10.6 Å². The highest BCUT2D eigenvalue weighted by Gasteiger charge is 2.26. The van der Waals surface area contributed by atoms with E-state index in [0.717, 1.165) is 25.7 Å². The van der Waals surface area contributed by atoms with E-state index in [-0.39, 0.29) is 24.0 Å². The maximum Gasteiger partial charge on any atom is 0.321 e. The summed E-state index contributed by atoms with van der Waals surface area (Å²) in [5.74, 6) is -0.237. The van der Waals surface area contributed by atoms with Crippen LogP contribution in [0.1, 0.15) is 36.0 Å². The van der Waals surface area contributed by atoms with E-state index in [2.05, 4.69) is 10.6 Å². The summed E-state index contributed by atoms with van der Waals surface area (Å²) in [6.07, 6.45) is 3.99. The molecule has 2 fully saturated rings. The maximum atomic E-state index is 12.6. The zero-order valence-corrected chi connectivity index (χ0v) is 13.6. The summed E-state index contributed by atoms with van der Waals surface area (Å²) in [4.78, 5) is 25.9. The summed E-state index contributed by atoms with van der Waals surface area (Å²) in [6, 6.07) is 4.86. The molecule has 0 aromatic heterocycles. The smallest absolute Gasteiger partial charge is 0.321 e. The number of urea groups is 1. The molecule has 0 radical (unpaired) electrons. The van der Waals surface area contributed by atoms with Gasteiger partial charge in [0.15, 0.2) is 0 Å². The molecule has 0 spiro atoms. The number of carbonyl (C=O) groups is 2. The number of benzene rings is 1. The molecular formula is C16H21ClN4O2. The topological polar surface area (TPSA) is 87.5 Å². The molecule has 3 amide bonds. The van der Waals surface area contributed by atoms with Gasteiger partial charge >= 0.3 is 6.03 Å². The van der Waals surface area contributed by atoms with Crippen LogP contribution in [-0.4, -0.2) is 37.1 Å². The second kappa shape index (κ2) is 6.76. The molecule has 3 rings (SSSR count). The van der Waals surface area contributed by atoms with Crippen molar-refractivity contribution >= 4 is 29.2 Å². The van der Waals surface area contributed by atoms with Crippen molar-refractivity contribution in [2.75, 3.05) is 18.0 Å². The molecule has 2 atom stereocenters. The van der Waals surface area contributed by atoms with E-state index in [9.17, 15) is 9.59 Å². The van der Waals surface area contributed by atoms with Crippen molar-refractivity contribution in [1.29, 1.82) is 0 Å². The number of carbonyl (C=O) groups excluding carboxylic acids is 2. The van der Waals surface area contributed by atoms with Crippen molar-refractivity contribution in [3.05, 3.63) is 28.8 Å². The highest BCUT2D eigenvalue weighted by molar-refractivity contribution is 6.34. The molecule has 1 saturated heterocycles. The zero-order chi connectivity index (χ0) is 16.4. The Balaban J connectivity index is 1.78. The lowest BCUT2D eigenvalue weighted by Crippen LogP contribution is -2.49. The van der Waals surface area contributed by atoms with Gasteiger partial charge in [0.2, 0.25) is 0 Å². The van der Waals surface area contributed by atoms with Gasteiger partial charge in [0.25, 0.3) is 5.91 Å². The molecule has 1 saturated carbocycles. The fraction of sp³-hybridized carbons (Fsp3) is 0.500. The number of amides is 3. The standard InChI is InChI=1S/C16H21ClN4O2/c17-12-6-5-10(21-8-7-19-16(21)23)9-11(12)15(22)20-14-4-2-1-3-13(14)18/h5-6,9,13-14H,1-4,7-8,18H2,(H,19,23)(H,20,22)/t13-,14-/m1/s1. The van der Waals surface area contributed by atoms with E-state index < -0.39 is 0 Å². The van der Waals surface area contributed by atoms with Crippen LogP contribution in [0.5, 0.6) is 0 Å². The Bertz CT molecular complexity index is 622. The Kier molecular flexibility index (Phi) is 4.73. The predicted molar refractivity (Wildman–Crippen MR) is 89.9 cm³/mol. The van der Waals surface area contributed by atoms with Crippen LogP contribution in [0.4, 0.5) is 10.5 Å². The minimum atomic E-state index is -0.237. The van der Waals surface area contributed by atoms with Crippen LogP contribution in [0.2, 0.25) is 5.02 Å². The van der Waals surface area contributed by atoms with Crippen LogP contribution in [0.15, 0.2) is 18.2 Å². The Morgan fingerprint density at radius 1 is 1.35 bits per heavy atom. The van der Waals surface area contributed by atoms with Gasteiger partial charge in [-0.1, -0.05) is 24.4 Å². The third-order valence-corrected chi connectivity index (χ3v) is 4.83. The van der Waals surface area contributed by atoms with Gasteiger partial charge in [-0.3, -0.25) is 9.69 Å². The molecule has 0 bridgehead atoms. The summed E-state index contributed by atoms with van der Waals surface area (Å²) in [5.41, 5.74) is 7.13. The molecule has 2 aliphatic rings. The lowest BCUT2D eigenvalue weighted by Gasteiger charge is -2.29. The Hall–Kier alpha value is -1.79. The van der Waals surface area contributed by atoms with E-state index in [1.165, 1.54) is 0 Å². The number of hydrogen-bond acceptors (Lipinski definition) is 3. The Labute approximate surface area is 140 Å². The van der Waals surface area contributed by atoms with Crippen LogP contribution in [0.3, 0.4) is 0 Å². The molecule has 23 heavy (non-hydrogen) atoms. The first kappa shape index (κ1) is 16.1. The second-order valence-electron chi connectivity index (χ2n) is 6.08. The second-order valence-corrected chi connectivity index (χ2v) is 6.48. The van der Waals surface area contributed by atoms with Crippen molar-refractivity contribution in [3.8, 4) is 0 Å². The average molecular weight is 337 g/mol. The van der Waals surface area contributed by atoms with Gasteiger partial charge in [0, 0.05) is 30.9 Å². The zero-order valence-electron chi connectivity index (χ0n) is 12.8. The molecule has 6 nitrogen and oxygen atoms in total. The van der Waals surface area contributed by atoms with Crippen LogP contribution in [0, 0.1) is 0 Å². The molecule has 1 heterocycles.